The maximum absolute atomic E-state index is 13.5. The van der Waals surface area contributed by atoms with Gasteiger partial charge in [0, 0.05) is 12.0 Å². The molecular weight excluding hydrogens is 505 g/mol. The van der Waals surface area contributed by atoms with E-state index in [2.05, 4.69) is 64.3 Å². The van der Waals surface area contributed by atoms with E-state index in [0.717, 1.165) is 12.8 Å². The van der Waals surface area contributed by atoms with Crippen LogP contribution in [0.1, 0.15) is 90.9 Å². The van der Waals surface area contributed by atoms with E-state index in [0.29, 0.717) is 47.8 Å². The molecule has 2 heterocycles. The Morgan fingerprint density at radius 3 is 2.38 bits per heavy atom. The number of nitrogens with zero attached hydrogens (tertiary/aromatic N) is 1. The molecule has 8 nitrogen and oxygen atoms in total. The molecule has 2 aliphatic heterocycles. The molecule has 4 fully saturated rings. The average Bonchev–Trinajstić information content (AvgIpc) is 3.52. The van der Waals surface area contributed by atoms with Crippen molar-refractivity contribution in [2.45, 2.75) is 110 Å². The highest BCUT2D eigenvalue weighted by atomic mass is 16.7. The van der Waals surface area contributed by atoms with Gasteiger partial charge < -0.3 is 24.8 Å². The summed E-state index contributed by atoms with van der Waals surface area (Å²) in [5.74, 6) is 1.13. The number of oxime groups is 1. The normalized spacial score (nSPS) is 31.6. The van der Waals surface area contributed by atoms with Crippen LogP contribution in [0.3, 0.4) is 0 Å². The van der Waals surface area contributed by atoms with Gasteiger partial charge in [0.1, 0.15) is 0 Å². The molecule has 1 saturated heterocycles. The monoisotopic (exact) mass is 551 g/mol. The van der Waals surface area contributed by atoms with Crippen LogP contribution in [0.25, 0.3) is 0 Å². The number of hydrogen-bond acceptors (Lipinski definition) is 6. The van der Waals surface area contributed by atoms with Crippen molar-refractivity contribution in [1.29, 1.82) is 0 Å². The van der Waals surface area contributed by atoms with E-state index < -0.39 is 13.2 Å². The number of amides is 2. The van der Waals surface area contributed by atoms with E-state index in [1.807, 2.05) is 18.2 Å². The standard InChI is InChI=1S/C31H46BN3O5/c1-18(2)13-22(33-28(36)20-11-9-8-10-12-20)23-17-24(39-35-23)29(37)34-27(14-19(3)4)32-38-26-16-21-15-25(30(21,5)6)31(26,7)40-32/h8-12,18-19,21-22,24-27H,13-17H2,1-7H3,(H,33,36)(H,34,37)/t21-,22-,24?,25-,26+,27-,31-/m0/s1. The fourth-order valence-electron chi connectivity index (χ4n) is 7.42. The minimum absolute atomic E-state index is 0.0588. The van der Waals surface area contributed by atoms with Crippen LogP contribution in [0, 0.1) is 29.1 Å². The van der Waals surface area contributed by atoms with E-state index in [1.54, 1.807) is 12.1 Å². The molecule has 9 heteroatoms. The number of carbonyl (C=O) groups is 2. The van der Waals surface area contributed by atoms with Gasteiger partial charge >= 0.3 is 7.12 Å². The Balaban J connectivity index is 1.22. The summed E-state index contributed by atoms with van der Waals surface area (Å²) in [6, 6.07) is 8.83. The van der Waals surface area contributed by atoms with E-state index in [9.17, 15) is 9.59 Å². The van der Waals surface area contributed by atoms with Crippen molar-refractivity contribution in [2.75, 3.05) is 0 Å². The topological polar surface area (TPSA) is 98.3 Å². The Morgan fingerprint density at radius 2 is 1.73 bits per heavy atom. The van der Waals surface area contributed by atoms with Gasteiger partial charge in [0.25, 0.3) is 11.8 Å². The Bertz CT molecular complexity index is 1130. The minimum Gasteiger partial charge on any atom is -0.404 e. The van der Waals surface area contributed by atoms with Gasteiger partial charge in [0.05, 0.1) is 29.4 Å². The third kappa shape index (κ3) is 5.56. The highest BCUT2D eigenvalue weighted by molar-refractivity contribution is 6.48. The van der Waals surface area contributed by atoms with Crippen LogP contribution in [-0.4, -0.2) is 54.4 Å². The zero-order valence-corrected chi connectivity index (χ0v) is 25.1. The van der Waals surface area contributed by atoms with Gasteiger partial charge in [-0.1, -0.05) is 64.9 Å². The van der Waals surface area contributed by atoms with Crippen LogP contribution in [0.2, 0.25) is 0 Å². The largest absolute Gasteiger partial charge is 0.481 e. The molecule has 40 heavy (non-hydrogen) atoms. The predicted octanol–water partition coefficient (Wildman–Crippen LogP) is 4.77. The van der Waals surface area contributed by atoms with Gasteiger partial charge in [-0.25, -0.2) is 0 Å². The van der Waals surface area contributed by atoms with Crippen molar-refractivity contribution < 1.29 is 23.7 Å². The Hall–Kier alpha value is -2.39. The van der Waals surface area contributed by atoms with E-state index in [4.69, 9.17) is 14.1 Å². The highest BCUT2D eigenvalue weighted by Gasteiger charge is 2.68. The first kappa shape index (κ1) is 29.1. The van der Waals surface area contributed by atoms with Gasteiger partial charge in [-0.05, 0) is 73.8 Å². The summed E-state index contributed by atoms with van der Waals surface area (Å²) >= 11 is 0. The van der Waals surface area contributed by atoms with Crippen LogP contribution in [-0.2, 0) is 18.9 Å². The summed E-state index contributed by atoms with van der Waals surface area (Å²) in [5, 5.41) is 10.6. The van der Waals surface area contributed by atoms with Crippen molar-refractivity contribution in [3.05, 3.63) is 35.9 Å². The van der Waals surface area contributed by atoms with Crippen LogP contribution < -0.4 is 10.6 Å². The zero-order chi connectivity index (χ0) is 28.8. The first-order valence-corrected chi connectivity index (χ1v) is 15.1. The highest BCUT2D eigenvalue weighted by Crippen LogP contribution is 2.65. The quantitative estimate of drug-likeness (QED) is 0.408. The van der Waals surface area contributed by atoms with Gasteiger partial charge in [0.15, 0.2) is 0 Å². The molecule has 1 aromatic rings. The van der Waals surface area contributed by atoms with Crippen molar-refractivity contribution in [3.8, 4) is 0 Å². The second-order valence-electron chi connectivity index (χ2n) is 14.0. The molecule has 3 aliphatic carbocycles. The molecule has 0 spiro atoms. The number of benzene rings is 1. The maximum atomic E-state index is 13.5. The molecule has 2 bridgehead atoms. The lowest BCUT2D eigenvalue weighted by atomic mass is 9.43. The molecule has 2 N–H and O–H groups in total. The average molecular weight is 552 g/mol. The van der Waals surface area contributed by atoms with Gasteiger partial charge in [0.2, 0.25) is 6.10 Å². The molecule has 1 aromatic carbocycles. The molecule has 0 radical (unpaired) electrons. The Kier molecular flexibility index (Phi) is 8.10. The third-order valence-electron chi connectivity index (χ3n) is 9.79. The van der Waals surface area contributed by atoms with Crippen molar-refractivity contribution >= 4 is 24.6 Å². The maximum Gasteiger partial charge on any atom is 0.481 e. The van der Waals surface area contributed by atoms with E-state index in [-0.39, 0.29) is 40.9 Å². The molecule has 5 aliphatic rings. The summed E-state index contributed by atoms with van der Waals surface area (Å²) in [6.07, 6.45) is 3.27. The number of hydrogen-bond donors (Lipinski definition) is 2. The summed E-state index contributed by atoms with van der Waals surface area (Å²) in [5.41, 5.74) is 1.21. The first-order chi connectivity index (χ1) is 18.9. The third-order valence-corrected chi connectivity index (χ3v) is 9.79. The summed E-state index contributed by atoms with van der Waals surface area (Å²) in [4.78, 5) is 32.0. The van der Waals surface area contributed by atoms with E-state index >= 15 is 0 Å². The molecular formula is C31H46BN3O5. The fraction of sp³-hybridized carbons (Fsp3) is 0.710. The van der Waals surface area contributed by atoms with Gasteiger partial charge in [-0.3, -0.25) is 9.59 Å². The Morgan fingerprint density at radius 1 is 1.02 bits per heavy atom. The smallest absolute Gasteiger partial charge is 0.404 e. The molecule has 218 valence electrons. The minimum atomic E-state index is -0.751. The van der Waals surface area contributed by atoms with Crippen molar-refractivity contribution in [3.63, 3.8) is 0 Å². The number of nitrogens with one attached hydrogen (secondary N) is 2. The lowest BCUT2D eigenvalue weighted by molar-refractivity contribution is -0.199. The predicted molar refractivity (Wildman–Crippen MR) is 156 cm³/mol. The number of rotatable bonds is 10. The van der Waals surface area contributed by atoms with E-state index in [1.165, 1.54) is 6.42 Å². The second-order valence-corrected chi connectivity index (χ2v) is 14.0. The molecule has 3 saturated carbocycles. The summed E-state index contributed by atoms with van der Waals surface area (Å²) < 4.78 is 13.2. The van der Waals surface area contributed by atoms with Gasteiger partial charge in [-0.15, -0.1) is 0 Å². The van der Waals surface area contributed by atoms with Crippen molar-refractivity contribution in [2.24, 2.45) is 34.2 Å². The van der Waals surface area contributed by atoms with Crippen LogP contribution in [0.15, 0.2) is 35.5 Å². The molecule has 1 unspecified atom stereocenters. The molecule has 6 rings (SSSR count). The molecule has 0 aromatic heterocycles. The fourth-order valence-corrected chi connectivity index (χ4v) is 7.42. The van der Waals surface area contributed by atoms with Crippen LogP contribution >= 0.6 is 0 Å². The van der Waals surface area contributed by atoms with Crippen molar-refractivity contribution in [1.82, 2.24) is 10.6 Å². The zero-order valence-electron chi connectivity index (χ0n) is 25.1. The van der Waals surface area contributed by atoms with Crippen LogP contribution in [0.4, 0.5) is 0 Å². The molecule has 2 amide bonds. The Labute approximate surface area is 239 Å². The lowest BCUT2D eigenvalue weighted by Crippen LogP contribution is -2.65. The second kappa shape index (κ2) is 11.1. The number of carbonyl (C=O) groups excluding carboxylic acids is 2. The SMILES string of the molecule is CC(C)C[C@H](NC(=O)C1CC([C@H](CC(C)C)NC(=O)c2ccccc2)=NO1)B1O[C@@H]2C[C@@H]3C[C@@H](C3(C)C)[C@]2(C)O1. The van der Waals surface area contributed by atoms with Gasteiger partial charge in [-0.2, -0.15) is 0 Å². The summed E-state index contributed by atoms with van der Waals surface area (Å²) in [6.45, 7) is 15.4. The first-order valence-electron chi connectivity index (χ1n) is 15.1. The lowest BCUT2D eigenvalue weighted by Gasteiger charge is -2.64. The van der Waals surface area contributed by atoms with Crippen LogP contribution in [0.5, 0.6) is 0 Å². The molecule has 7 atom stereocenters. The summed E-state index contributed by atoms with van der Waals surface area (Å²) in [7, 11) is -0.489.